The first kappa shape index (κ1) is 16.9. The molecule has 0 aromatic rings. The van der Waals surface area contributed by atoms with Gasteiger partial charge in [-0.25, -0.2) is 0 Å². The summed E-state index contributed by atoms with van der Waals surface area (Å²) in [6.07, 6.45) is 0. The van der Waals surface area contributed by atoms with Gasteiger partial charge in [-0.1, -0.05) is 0 Å². The molecule has 0 aromatic carbocycles. The minimum Gasteiger partial charge on any atom is -0.397 e. The van der Waals surface area contributed by atoms with E-state index in [1.54, 1.807) is 6.92 Å². The minimum absolute atomic E-state index is 0. The molecule has 0 fully saturated rings. The fourth-order valence-electron chi connectivity index (χ4n) is 0. The van der Waals surface area contributed by atoms with Crippen LogP contribution in [0.25, 0.3) is 0 Å². The van der Waals surface area contributed by atoms with Crippen molar-refractivity contribution in [3.63, 3.8) is 0 Å². The van der Waals surface area contributed by atoms with E-state index >= 15 is 0 Å². The van der Waals surface area contributed by atoms with Gasteiger partial charge in [-0.15, -0.1) is 12.4 Å². The van der Waals surface area contributed by atoms with Crippen LogP contribution in [0.2, 0.25) is 0 Å². The van der Waals surface area contributed by atoms with Gasteiger partial charge in [0, 0.05) is 26.1 Å². The van der Waals surface area contributed by atoms with E-state index in [9.17, 15) is 0 Å². The molecule has 0 rings (SSSR count). The maximum Gasteiger partial charge on any atom is 0.0402 e. The molecule has 0 atom stereocenters. The zero-order valence-electron chi connectivity index (χ0n) is 2.92. The number of aliphatic hydroxyl groups is 1. The third-order valence-electron chi connectivity index (χ3n) is 0. The predicted octanol–water partition coefficient (Wildman–Crippen LogP) is 0.418. The summed E-state index contributed by atoms with van der Waals surface area (Å²) in [5, 5.41) is 7.57. The van der Waals surface area contributed by atoms with Crippen LogP contribution in [0, 0.1) is 0 Å². The van der Waals surface area contributed by atoms with E-state index in [2.05, 4.69) is 0 Å². The maximum atomic E-state index is 7.57. The van der Waals surface area contributed by atoms with Crippen molar-refractivity contribution >= 4 is 12.4 Å². The fraction of sp³-hybridized carbons (Fsp3) is 1.00. The smallest absolute Gasteiger partial charge is 0.0402 e. The Morgan fingerprint density at radius 2 is 1.60 bits per heavy atom. The van der Waals surface area contributed by atoms with Gasteiger partial charge in [0.05, 0.1) is 0 Å². The first-order valence-electron chi connectivity index (χ1n) is 1.02. The Labute approximate surface area is 50.9 Å². The van der Waals surface area contributed by atoms with Crippen LogP contribution in [-0.2, 0) is 19.5 Å². The van der Waals surface area contributed by atoms with E-state index in [1.165, 1.54) is 0 Å². The molecule has 0 aliphatic carbocycles. The van der Waals surface area contributed by atoms with Gasteiger partial charge in [-0.2, -0.15) is 0 Å². The topological polar surface area (TPSA) is 20.2 Å². The summed E-state index contributed by atoms with van der Waals surface area (Å²) in [7, 11) is 0. The van der Waals surface area contributed by atoms with Crippen LogP contribution in [0.3, 0.4) is 0 Å². The quantitative estimate of drug-likeness (QED) is 0.540. The van der Waals surface area contributed by atoms with E-state index < -0.39 is 0 Å². The minimum atomic E-state index is 0. The van der Waals surface area contributed by atoms with E-state index in [0.717, 1.165) is 0 Å². The Morgan fingerprint density at radius 1 is 1.60 bits per heavy atom. The van der Waals surface area contributed by atoms with Crippen LogP contribution in [0.1, 0.15) is 6.92 Å². The molecule has 36 valence electrons. The molecule has 1 N–H and O–H groups in total. The summed E-state index contributed by atoms with van der Waals surface area (Å²) < 4.78 is 0. The molecule has 0 aromatic heterocycles. The molecule has 0 saturated carbocycles. The van der Waals surface area contributed by atoms with Gasteiger partial charge < -0.3 is 5.11 Å². The largest absolute Gasteiger partial charge is 0.397 e. The van der Waals surface area contributed by atoms with Crippen molar-refractivity contribution in [2.24, 2.45) is 0 Å². The molecule has 0 heterocycles. The molecule has 0 amide bonds. The van der Waals surface area contributed by atoms with Crippen molar-refractivity contribution in [3.8, 4) is 0 Å². The average Bonchev–Trinajstić information content (AvgIpc) is 0.918. The molecular weight excluding hydrogens is 177 g/mol. The van der Waals surface area contributed by atoms with Crippen LogP contribution in [0.15, 0.2) is 0 Å². The van der Waals surface area contributed by atoms with Crippen molar-refractivity contribution in [1.29, 1.82) is 0 Å². The zero-order chi connectivity index (χ0) is 2.71. The van der Waals surface area contributed by atoms with Crippen molar-refractivity contribution in [2.45, 2.75) is 6.92 Å². The van der Waals surface area contributed by atoms with Gasteiger partial charge >= 0.3 is 0 Å². The van der Waals surface area contributed by atoms with Crippen molar-refractivity contribution in [3.05, 3.63) is 0 Å². The summed E-state index contributed by atoms with van der Waals surface area (Å²) in [6, 6.07) is 0. The molecule has 5 heavy (non-hydrogen) atoms. The second-order valence-electron chi connectivity index (χ2n) is 0.316. The molecule has 0 unspecified atom stereocenters. The monoisotopic (exact) mass is 184 g/mol. The molecule has 0 saturated heterocycles. The molecule has 0 bridgehead atoms. The first-order chi connectivity index (χ1) is 1.41. The van der Waals surface area contributed by atoms with Crippen LogP contribution < -0.4 is 0 Å². The summed E-state index contributed by atoms with van der Waals surface area (Å²) >= 11 is 0. The van der Waals surface area contributed by atoms with Crippen LogP contribution >= 0.6 is 12.4 Å². The van der Waals surface area contributed by atoms with Gasteiger partial charge in [0.1, 0.15) is 0 Å². The summed E-state index contributed by atoms with van der Waals surface area (Å²) in [5.41, 5.74) is 0. The fourth-order valence-corrected chi connectivity index (χ4v) is 0. The Balaban J connectivity index is -0.0000000200. The molecule has 0 radical (unpaired) electrons. The van der Waals surface area contributed by atoms with Crippen LogP contribution in [0.5, 0.6) is 0 Å². The van der Waals surface area contributed by atoms with Gasteiger partial charge in [-0.3, -0.25) is 0 Å². The van der Waals surface area contributed by atoms with E-state index in [0.29, 0.717) is 0 Å². The first-order valence-corrected chi connectivity index (χ1v) is 1.02. The number of rotatable bonds is 0. The number of hydrogen-bond donors (Lipinski definition) is 1. The Kier molecular flexibility index (Phi) is 70.4. The van der Waals surface area contributed by atoms with Crippen molar-refractivity contribution in [2.75, 3.05) is 6.61 Å². The number of hydrogen-bond acceptors (Lipinski definition) is 1. The van der Waals surface area contributed by atoms with Gasteiger partial charge in [0.15, 0.2) is 0 Å². The van der Waals surface area contributed by atoms with E-state index in [4.69, 9.17) is 5.11 Å². The van der Waals surface area contributed by atoms with E-state index in [1.807, 2.05) is 0 Å². The van der Waals surface area contributed by atoms with Gasteiger partial charge in [0.2, 0.25) is 0 Å². The number of aliphatic hydroxyl groups excluding tert-OH is 1. The summed E-state index contributed by atoms with van der Waals surface area (Å²) in [4.78, 5) is 0. The Bertz CT molecular complexity index is 9.61. The van der Waals surface area contributed by atoms with E-state index in [-0.39, 0.29) is 38.5 Å². The zero-order valence-corrected chi connectivity index (χ0v) is 5.47. The number of halogens is 1. The second-order valence-corrected chi connectivity index (χ2v) is 0.316. The normalized spacial score (nSPS) is 3.60. The molecule has 0 aliphatic heterocycles. The predicted molar refractivity (Wildman–Crippen MR) is 20.0 cm³/mol. The Hall–Kier alpha value is 0.873. The van der Waals surface area contributed by atoms with Gasteiger partial charge in [-0.05, 0) is 6.92 Å². The van der Waals surface area contributed by atoms with Crippen LogP contribution in [0.4, 0.5) is 0 Å². The second kappa shape index (κ2) is 20.8. The molecule has 1 nitrogen and oxygen atoms in total. The summed E-state index contributed by atoms with van der Waals surface area (Å²) in [5.74, 6) is 0. The molecular formula is C2H7ClORu. The van der Waals surface area contributed by atoms with Gasteiger partial charge in [0.25, 0.3) is 0 Å². The Morgan fingerprint density at radius 3 is 1.60 bits per heavy atom. The summed E-state index contributed by atoms with van der Waals surface area (Å²) in [6.45, 7) is 1.93. The third kappa shape index (κ3) is 52.7. The molecule has 3 heteroatoms. The van der Waals surface area contributed by atoms with Crippen molar-refractivity contribution in [1.82, 2.24) is 0 Å². The average molecular weight is 184 g/mol. The van der Waals surface area contributed by atoms with Crippen molar-refractivity contribution < 1.29 is 24.6 Å². The standard InChI is InChI=1S/C2H6O.ClH.Ru/c1-2-3;;/h3H,2H2,1H3;1H;. The third-order valence-corrected chi connectivity index (χ3v) is 0. The molecule has 0 aliphatic rings. The SMILES string of the molecule is CCO.Cl.[Ru]. The maximum absolute atomic E-state index is 7.57. The van der Waals surface area contributed by atoms with Crippen LogP contribution in [-0.4, -0.2) is 11.7 Å². The molecule has 0 spiro atoms.